The van der Waals surface area contributed by atoms with E-state index in [1.807, 2.05) is 0 Å². The van der Waals surface area contributed by atoms with Crippen molar-refractivity contribution in [2.24, 2.45) is 0 Å². The summed E-state index contributed by atoms with van der Waals surface area (Å²) in [7, 11) is 2.95. The molecule has 2 N–H and O–H groups in total. The normalized spacial score (nSPS) is 10.4. The third-order valence-corrected chi connectivity index (χ3v) is 3.46. The maximum absolute atomic E-state index is 9.82. The van der Waals surface area contributed by atoms with Crippen LogP contribution in [0.5, 0.6) is 23.0 Å². The van der Waals surface area contributed by atoms with Gasteiger partial charge in [-0.05, 0) is 42.0 Å². The Bertz CT molecular complexity index is 573. The first kappa shape index (κ1) is 15.3. The average Bonchev–Trinajstić information content (AvgIpc) is 2.50. The Labute approximate surface area is 127 Å². The molecule has 0 aromatic heterocycles. The van der Waals surface area contributed by atoms with Crippen molar-refractivity contribution in [3.8, 4) is 23.0 Å². The highest BCUT2D eigenvalue weighted by atomic mass is 32.2. The number of rotatable bonds is 6. The van der Waals surface area contributed by atoms with Crippen LogP contribution >= 0.6 is 12.0 Å². The molecule has 0 aliphatic heterocycles. The van der Waals surface area contributed by atoms with Crippen LogP contribution in [-0.2, 0) is 10.8 Å². The van der Waals surface area contributed by atoms with E-state index in [9.17, 15) is 10.2 Å². The van der Waals surface area contributed by atoms with Gasteiger partial charge in [0, 0.05) is 16.9 Å². The second-order valence-corrected chi connectivity index (χ2v) is 5.06. The van der Waals surface area contributed by atoms with Crippen LogP contribution in [0.4, 0.5) is 0 Å². The average molecular weight is 308 g/mol. The highest BCUT2D eigenvalue weighted by Crippen LogP contribution is 2.37. The van der Waals surface area contributed by atoms with Gasteiger partial charge in [0.05, 0.1) is 20.8 Å². The van der Waals surface area contributed by atoms with E-state index in [1.165, 1.54) is 26.3 Å². The van der Waals surface area contributed by atoms with Gasteiger partial charge in [0.2, 0.25) is 5.75 Å². The molecule has 0 aliphatic carbocycles. The van der Waals surface area contributed by atoms with Gasteiger partial charge < -0.3 is 23.9 Å². The van der Waals surface area contributed by atoms with Crippen molar-refractivity contribution < 1.29 is 23.9 Å². The standard InChI is InChI=1S/C15H16O5S/c1-18-13-7-10(8-14(19-2)15(13)17)9-20-21-12-5-3-11(16)4-6-12/h3-8,16-17H,9H2,1-2H3. The van der Waals surface area contributed by atoms with Crippen LogP contribution < -0.4 is 9.47 Å². The summed E-state index contributed by atoms with van der Waals surface area (Å²) >= 11 is 1.20. The smallest absolute Gasteiger partial charge is 0.200 e. The molecule has 21 heavy (non-hydrogen) atoms. The number of hydrogen-bond donors (Lipinski definition) is 2. The summed E-state index contributed by atoms with van der Waals surface area (Å²) in [4.78, 5) is 0.880. The predicted octanol–water partition coefficient (Wildman–Crippen LogP) is 3.34. The fourth-order valence-electron chi connectivity index (χ4n) is 1.70. The Morgan fingerprint density at radius 1 is 0.952 bits per heavy atom. The van der Waals surface area contributed by atoms with Crippen molar-refractivity contribution in [2.75, 3.05) is 14.2 Å². The minimum absolute atomic E-state index is 0.0325. The summed E-state index contributed by atoms with van der Waals surface area (Å²) in [6.07, 6.45) is 0. The SMILES string of the molecule is COc1cc(COSc2ccc(O)cc2)cc(OC)c1O. The lowest BCUT2D eigenvalue weighted by Crippen LogP contribution is -1.93. The molecule has 0 fully saturated rings. The number of phenols is 2. The number of ether oxygens (including phenoxy) is 2. The summed E-state index contributed by atoms with van der Waals surface area (Å²) in [5, 5.41) is 19.0. The summed E-state index contributed by atoms with van der Waals surface area (Å²) in [5.74, 6) is 0.854. The summed E-state index contributed by atoms with van der Waals surface area (Å²) in [5.41, 5.74) is 0.813. The van der Waals surface area contributed by atoms with Gasteiger partial charge in [-0.25, -0.2) is 0 Å². The minimum Gasteiger partial charge on any atom is -0.508 e. The van der Waals surface area contributed by atoms with Crippen molar-refractivity contribution in [3.05, 3.63) is 42.0 Å². The van der Waals surface area contributed by atoms with Crippen molar-refractivity contribution in [1.82, 2.24) is 0 Å². The van der Waals surface area contributed by atoms with Crippen molar-refractivity contribution in [2.45, 2.75) is 11.5 Å². The molecule has 0 saturated carbocycles. The topological polar surface area (TPSA) is 68.2 Å². The zero-order chi connectivity index (χ0) is 15.2. The Hall–Kier alpha value is -2.05. The fourth-order valence-corrected chi connectivity index (χ4v) is 2.28. The van der Waals surface area contributed by atoms with Gasteiger partial charge in [-0.15, -0.1) is 0 Å². The molecule has 0 unspecified atom stereocenters. The molecular formula is C15H16O5S. The third-order valence-electron chi connectivity index (χ3n) is 2.76. The molecule has 0 radical (unpaired) electrons. The van der Waals surface area contributed by atoms with Crippen molar-refractivity contribution in [1.29, 1.82) is 0 Å². The molecule has 0 heterocycles. The van der Waals surface area contributed by atoms with E-state index in [-0.39, 0.29) is 11.5 Å². The molecule has 2 aromatic rings. The Morgan fingerprint density at radius 3 is 2.05 bits per heavy atom. The lowest BCUT2D eigenvalue weighted by atomic mass is 10.2. The summed E-state index contributed by atoms with van der Waals surface area (Å²) in [6.45, 7) is 0.318. The number of phenolic OH excluding ortho intramolecular Hbond substituents is 2. The predicted molar refractivity (Wildman–Crippen MR) is 80.0 cm³/mol. The van der Waals surface area contributed by atoms with Gasteiger partial charge >= 0.3 is 0 Å². The summed E-state index contributed by atoms with van der Waals surface area (Å²) < 4.78 is 15.7. The van der Waals surface area contributed by atoms with Crippen LogP contribution in [0.25, 0.3) is 0 Å². The largest absolute Gasteiger partial charge is 0.508 e. The molecule has 0 aliphatic rings. The molecule has 2 rings (SSSR count). The quantitative estimate of drug-likeness (QED) is 0.798. The first-order chi connectivity index (χ1) is 10.1. The zero-order valence-electron chi connectivity index (χ0n) is 11.7. The van der Waals surface area contributed by atoms with Gasteiger partial charge in [0.1, 0.15) is 5.75 Å². The highest BCUT2D eigenvalue weighted by molar-refractivity contribution is 7.94. The first-order valence-corrected chi connectivity index (χ1v) is 6.90. The maximum atomic E-state index is 9.82. The van der Waals surface area contributed by atoms with Gasteiger partial charge in [-0.2, -0.15) is 0 Å². The Balaban J connectivity index is 2.01. The van der Waals surface area contributed by atoms with Gasteiger partial charge in [-0.3, -0.25) is 0 Å². The molecule has 6 heteroatoms. The van der Waals surface area contributed by atoms with Crippen molar-refractivity contribution in [3.63, 3.8) is 0 Å². The fraction of sp³-hybridized carbons (Fsp3) is 0.200. The van der Waals surface area contributed by atoms with Crippen LogP contribution in [0.3, 0.4) is 0 Å². The van der Waals surface area contributed by atoms with E-state index in [0.717, 1.165) is 10.5 Å². The van der Waals surface area contributed by atoms with Crippen LogP contribution in [0.15, 0.2) is 41.3 Å². The van der Waals surface area contributed by atoms with Crippen LogP contribution in [0, 0.1) is 0 Å². The highest BCUT2D eigenvalue weighted by Gasteiger charge is 2.11. The molecule has 112 valence electrons. The third kappa shape index (κ3) is 3.96. The number of benzene rings is 2. The lowest BCUT2D eigenvalue weighted by Gasteiger charge is -2.11. The maximum Gasteiger partial charge on any atom is 0.200 e. The minimum atomic E-state index is -0.0325. The first-order valence-electron chi connectivity index (χ1n) is 6.16. The van der Waals surface area contributed by atoms with E-state index in [4.69, 9.17) is 13.7 Å². The van der Waals surface area contributed by atoms with Crippen molar-refractivity contribution >= 4 is 12.0 Å². The van der Waals surface area contributed by atoms with E-state index < -0.39 is 0 Å². The molecule has 0 spiro atoms. The molecule has 2 aromatic carbocycles. The second kappa shape index (κ2) is 7.10. The van der Waals surface area contributed by atoms with Gasteiger partial charge in [-0.1, -0.05) is 0 Å². The lowest BCUT2D eigenvalue weighted by molar-refractivity contribution is 0.331. The molecule has 0 atom stereocenters. The van der Waals surface area contributed by atoms with E-state index in [1.54, 1.807) is 36.4 Å². The monoisotopic (exact) mass is 308 g/mol. The number of aromatic hydroxyl groups is 2. The molecule has 0 amide bonds. The second-order valence-electron chi connectivity index (χ2n) is 4.19. The van der Waals surface area contributed by atoms with Crippen LogP contribution in [0.2, 0.25) is 0 Å². The molecule has 0 saturated heterocycles. The van der Waals surface area contributed by atoms with Crippen LogP contribution in [0.1, 0.15) is 5.56 Å². The van der Waals surface area contributed by atoms with E-state index in [0.29, 0.717) is 18.1 Å². The number of methoxy groups -OCH3 is 2. The molecule has 0 bridgehead atoms. The van der Waals surface area contributed by atoms with Crippen LogP contribution in [-0.4, -0.2) is 24.4 Å². The van der Waals surface area contributed by atoms with E-state index >= 15 is 0 Å². The van der Waals surface area contributed by atoms with E-state index in [2.05, 4.69) is 0 Å². The van der Waals surface area contributed by atoms with Gasteiger partial charge in [0.15, 0.2) is 11.5 Å². The Kier molecular flexibility index (Phi) is 5.19. The molecular weight excluding hydrogens is 292 g/mol. The molecule has 5 nitrogen and oxygen atoms in total. The summed E-state index contributed by atoms with van der Waals surface area (Å²) in [6, 6.07) is 10.1. The van der Waals surface area contributed by atoms with Gasteiger partial charge in [0.25, 0.3) is 0 Å². The Morgan fingerprint density at radius 2 is 1.52 bits per heavy atom. The zero-order valence-corrected chi connectivity index (χ0v) is 12.5. The number of hydrogen-bond acceptors (Lipinski definition) is 6.